The lowest BCUT2D eigenvalue weighted by atomic mass is 10.3. The fraction of sp³-hybridized carbons (Fsp3) is 0.286. The number of hydrogen-bond donors (Lipinski definition) is 3. The minimum absolute atomic E-state index is 0.115. The molecule has 6 nitrogen and oxygen atoms in total. The third-order valence-corrected chi connectivity index (χ3v) is 4.90. The molecule has 0 saturated heterocycles. The van der Waals surface area contributed by atoms with Crippen LogP contribution in [0.3, 0.4) is 0 Å². The molecular formula is C14H18N4O2S2. The molecule has 3 N–H and O–H groups in total. The maximum Gasteiger partial charge on any atom is 0.263 e. The summed E-state index contributed by atoms with van der Waals surface area (Å²) in [6, 6.07) is 5.95. The van der Waals surface area contributed by atoms with Crippen molar-refractivity contribution in [2.24, 2.45) is 0 Å². The van der Waals surface area contributed by atoms with E-state index in [0.29, 0.717) is 34.9 Å². The molecule has 8 heteroatoms. The number of nitrogens with two attached hydrogens (primary N) is 1. The molecule has 0 bridgehead atoms. The molecule has 0 unspecified atom stereocenters. The quantitative estimate of drug-likeness (QED) is 0.574. The number of sulfonamides is 1. The Morgan fingerprint density at radius 3 is 2.32 bits per heavy atom. The Kier molecular flexibility index (Phi) is 4.92. The summed E-state index contributed by atoms with van der Waals surface area (Å²) < 4.78 is 27.3. The van der Waals surface area contributed by atoms with Crippen molar-refractivity contribution in [3.63, 3.8) is 0 Å². The average molecular weight is 338 g/mol. The summed E-state index contributed by atoms with van der Waals surface area (Å²) in [5, 5.41) is 0. The number of nitrogen functional groups attached to an aromatic ring is 1. The fourth-order valence-corrected chi connectivity index (χ4v) is 3.27. The van der Waals surface area contributed by atoms with Crippen LogP contribution in [0.15, 0.2) is 34.1 Å². The molecule has 0 fully saturated rings. The van der Waals surface area contributed by atoms with Gasteiger partial charge in [0.1, 0.15) is 5.82 Å². The number of benzene rings is 1. The highest BCUT2D eigenvalue weighted by Gasteiger charge is 2.18. The molecule has 0 amide bonds. The van der Waals surface area contributed by atoms with Gasteiger partial charge in [0.25, 0.3) is 10.0 Å². The van der Waals surface area contributed by atoms with Crippen LogP contribution in [0.1, 0.15) is 25.4 Å². The van der Waals surface area contributed by atoms with Gasteiger partial charge in [-0.05, 0) is 30.7 Å². The molecule has 2 rings (SSSR count). The first-order chi connectivity index (χ1) is 10.4. The van der Waals surface area contributed by atoms with Crippen molar-refractivity contribution in [2.45, 2.75) is 36.5 Å². The van der Waals surface area contributed by atoms with Crippen LogP contribution in [-0.2, 0) is 22.9 Å². The second-order valence-corrected chi connectivity index (χ2v) is 6.79. The van der Waals surface area contributed by atoms with Crippen LogP contribution in [0.25, 0.3) is 0 Å². The molecule has 1 heterocycles. The van der Waals surface area contributed by atoms with Crippen LogP contribution in [0.5, 0.6) is 0 Å². The molecule has 1 aromatic heterocycles. The van der Waals surface area contributed by atoms with E-state index in [9.17, 15) is 8.42 Å². The molecule has 0 aliphatic heterocycles. The molecule has 118 valence electrons. The highest BCUT2D eigenvalue weighted by Crippen LogP contribution is 2.24. The van der Waals surface area contributed by atoms with Gasteiger partial charge in [-0.3, -0.25) is 4.72 Å². The number of aromatic nitrogens is 2. The topological polar surface area (TPSA) is 98.0 Å². The number of aryl methyl sites for hydroxylation is 2. The molecule has 0 aliphatic carbocycles. The lowest BCUT2D eigenvalue weighted by molar-refractivity contribution is 0.601. The van der Waals surface area contributed by atoms with Gasteiger partial charge < -0.3 is 5.73 Å². The van der Waals surface area contributed by atoms with E-state index in [2.05, 4.69) is 27.3 Å². The number of anilines is 2. The summed E-state index contributed by atoms with van der Waals surface area (Å²) in [7, 11) is -3.75. The summed E-state index contributed by atoms with van der Waals surface area (Å²) >= 11 is 4.35. The fourth-order valence-electron chi connectivity index (χ4n) is 1.86. The molecule has 0 atom stereocenters. The normalized spacial score (nSPS) is 11.4. The van der Waals surface area contributed by atoms with E-state index in [0.717, 1.165) is 0 Å². The third-order valence-electron chi connectivity index (χ3n) is 3.08. The summed E-state index contributed by atoms with van der Waals surface area (Å²) in [5.41, 5.74) is 6.79. The maximum atomic E-state index is 12.4. The Hall–Kier alpha value is -1.80. The molecular weight excluding hydrogens is 320 g/mol. The first-order valence-electron chi connectivity index (χ1n) is 6.84. The second kappa shape index (κ2) is 6.53. The highest BCUT2D eigenvalue weighted by molar-refractivity contribution is 7.92. The number of thiol groups is 1. The van der Waals surface area contributed by atoms with E-state index < -0.39 is 10.0 Å². The predicted molar refractivity (Wildman–Crippen MR) is 89.7 cm³/mol. The van der Waals surface area contributed by atoms with Gasteiger partial charge >= 0.3 is 0 Å². The van der Waals surface area contributed by atoms with Gasteiger partial charge in [0.2, 0.25) is 0 Å². The summed E-state index contributed by atoms with van der Waals surface area (Å²) in [5.74, 6) is 0.772. The molecule has 0 radical (unpaired) electrons. The van der Waals surface area contributed by atoms with Gasteiger partial charge in [-0.15, -0.1) is 12.6 Å². The largest absolute Gasteiger partial charge is 0.399 e. The summed E-state index contributed by atoms with van der Waals surface area (Å²) in [4.78, 5) is 9.13. The van der Waals surface area contributed by atoms with Gasteiger partial charge in [0.15, 0.2) is 5.82 Å². The number of nitrogens with one attached hydrogen (secondary N) is 1. The minimum Gasteiger partial charge on any atom is -0.399 e. The Morgan fingerprint density at radius 2 is 1.77 bits per heavy atom. The lowest BCUT2D eigenvalue weighted by Gasteiger charge is -2.13. The van der Waals surface area contributed by atoms with Crippen LogP contribution >= 0.6 is 12.6 Å². The SMILES string of the molecule is CCc1nc(CC)c(S)c(NS(=O)(=O)c2ccc(N)cc2)n1. The van der Waals surface area contributed by atoms with Crippen LogP contribution in [-0.4, -0.2) is 18.4 Å². The molecule has 1 aromatic carbocycles. The van der Waals surface area contributed by atoms with Gasteiger partial charge in [0.05, 0.1) is 15.5 Å². The summed E-state index contributed by atoms with van der Waals surface area (Å²) in [6.07, 6.45) is 1.25. The van der Waals surface area contributed by atoms with E-state index >= 15 is 0 Å². The predicted octanol–water partition coefficient (Wildman–Crippen LogP) is 2.27. The van der Waals surface area contributed by atoms with Gasteiger partial charge in [0, 0.05) is 12.1 Å². The van der Waals surface area contributed by atoms with Gasteiger partial charge in [-0.2, -0.15) is 0 Å². The Balaban J connectivity index is 2.43. The van der Waals surface area contributed by atoms with E-state index in [4.69, 9.17) is 5.73 Å². The van der Waals surface area contributed by atoms with E-state index in [-0.39, 0.29) is 10.7 Å². The molecule has 2 aromatic rings. The number of rotatable bonds is 5. The molecule has 0 saturated carbocycles. The third kappa shape index (κ3) is 3.50. The minimum atomic E-state index is -3.75. The number of hydrogen-bond acceptors (Lipinski definition) is 6. The Morgan fingerprint density at radius 1 is 1.14 bits per heavy atom. The first kappa shape index (κ1) is 16.6. The Bertz CT molecular complexity index is 774. The van der Waals surface area contributed by atoms with Crippen LogP contribution in [0.4, 0.5) is 11.5 Å². The monoisotopic (exact) mass is 338 g/mol. The van der Waals surface area contributed by atoms with Gasteiger partial charge in [-0.25, -0.2) is 18.4 Å². The zero-order valence-electron chi connectivity index (χ0n) is 12.4. The van der Waals surface area contributed by atoms with Crippen molar-refractivity contribution in [3.8, 4) is 0 Å². The van der Waals surface area contributed by atoms with E-state index in [1.54, 1.807) is 0 Å². The average Bonchev–Trinajstić information content (AvgIpc) is 2.49. The highest BCUT2D eigenvalue weighted by atomic mass is 32.2. The molecule has 0 aliphatic rings. The standard InChI is InChI=1S/C14H18N4O2S2/c1-3-11-13(21)14(17-12(4-2)16-11)18-22(19,20)10-7-5-9(15)6-8-10/h5-8,21H,3-4,15H2,1-2H3,(H,16,17,18). The van der Waals surface area contributed by atoms with E-state index in [1.807, 2.05) is 13.8 Å². The van der Waals surface area contributed by atoms with Crippen molar-refractivity contribution in [1.29, 1.82) is 0 Å². The zero-order valence-corrected chi connectivity index (χ0v) is 14.1. The van der Waals surface area contributed by atoms with E-state index in [1.165, 1.54) is 24.3 Å². The Labute approximate surface area is 135 Å². The van der Waals surface area contributed by atoms with Crippen molar-refractivity contribution < 1.29 is 8.42 Å². The zero-order chi connectivity index (χ0) is 16.3. The van der Waals surface area contributed by atoms with Crippen molar-refractivity contribution in [2.75, 3.05) is 10.5 Å². The molecule has 0 spiro atoms. The first-order valence-corrected chi connectivity index (χ1v) is 8.77. The van der Waals surface area contributed by atoms with Crippen LogP contribution in [0.2, 0.25) is 0 Å². The number of nitrogens with zero attached hydrogens (tertiary/aromatic N) is 2. The lowest BCUT2D eigenvalue weighted by Crippen LogP contribution is -2.16. The smallest absolute Gasteiger partial charge is 0.263 e. The van der Waals surface area contributed by atoms with Crippen molar-refractivity contribution in [1.82, 2.24) is 9.97 Å². The molecule has 22 heavy (non-hydrogen) atoms. The van der Waals surface area contributed by atoms with Crippen molar-refractivity contribution in [3.05, 3.63) is 35.8 Å². The van der Waals surface area contributed by atoms with Crippen molar-refractivity contribution >= 4 is 34.2 Å². The summed E-state index contributed by atoms with van der Waals surface area (Å²) in [6.45, 7) is 3.84. The maximum absolute atomic E-state index is 12.4. The van der Waals surface area contributed by atoms with Gasteiger partial charge in [-0.1, -0.05) is 13.8 Å². The van der Waals surface area contributed by atoms with Crippen LogP contribution in [0, 0.1) is 0 Å². The van der Waals surface area contributed by atoms with Crippen LogP contribution < -0.4 is 10.5 Å². The second-order valence-electron chi connectivity index (χ2n) is 4.67.